The van der Waals surface area contributed by atoms with E-state index in [-0.39, 0.29) is 5.41 Å². The number of piperidine rings is 1. The number of aromatic nitrogens is 6. The first kappa shape index (κ1) is 18.7. The van der Waals surface area contributed by atoms with E-state index in [0.717, 1.165) is 56.1 Å². The Bertz CT molecular complexity index is 1000. The second-order valence-corrected chi connectivity index (χ2v) is 9.68. The van der Waals surface area contributed by atoms with Crippen molar-refractivity contribution in [2.75, 3.05) is 13.1 Å². The van der Waals surface area contributed by atoms with E-state index in [4.69, 9.17) is 5.10 Å². The van der Waals surface area contributed by atoms with E-state index in [1.54, 1.807) is 0 Å². The highest BCUT2D eigenvalue weighted by atomic mass is 15.4. The van der Waals surface area contributed by atoms with Crippen LogP contribution in [0.15, 0.2) is 12.1 Å². The summed E-state index contributed by atoms with van der Waals surface area (Å²) < 4.78 is 1.98. The summed E-state index contributed by atoms with van der Waals surface area (Å²) in [6.07, 6.45) is 7.12. The number of H-pyrrole nitrogens is 1. The van der Waals surface area contributed by atoms with Gasteiger partial charge in [-0.25, -0.2) is 0 Å². The first-order valence-corrected chi connectivity index (χ1v) is 11.0. The van der Waals surface area contributed by atoms with Crippen molar-refractivity contribution in [2.45, 2.75) is 77.2 Å². The summed E-state index contributed by atoms with van der Waals surface area (Å²) in [6.45, 7) is 9.68. The number of nitrogens with one attached hydrogen (secondary N) is 1. The standard InChI is InChI=1S/C22H31N7/c1-22(2,3)19-8-9-20-25-26-21(29(20)27-19)15-10-12-28(13-11-15)14-18-16-6-4-5-7-17(16)23-24-18/h8-9,15H,4-7,10-14H2,1-3H3,(H,23,24). The van der Waals surface area contributed by atoms with E-state index in [0.29, 0.717) is 5.92 Å². The molecular formula is C22H31N7. The van der Waals surface area contributed by atoms with Gasteiger partial charge in [-0.3, -0.25) is 10.00 Å². The van der Waals surface area contributed by atoms with Crippen LogP contribution >= 0.6 is 0 Å². The van der Waals surface area contributed by atoms with Crippen molar-refractivity contribution in [1.82, 2.24) is 34.9 Å². The molecule has 4 heterocycles. The lowest BCUT2D eigenvalue weighted by molar-refractivity contribution is 0.198. The number of nitrogens with zero attached hydrogens (tertiary/aromatic N) is 6. The molecule has 1 saturated heterocycles. The Hall–Kier alpha value is -2.28. The molecular weight excluding hydrogens is 362 g/mol. The summed E-state index contributed by atoms with van der Waals surface area (Å²) in [5, 5.41) is 21.7. The van der Waals surface area contributed by atoms with Gasteiger partial charge in [-0.05, 0) is 69.3 Å². The van der Waals surface area contributed by atoms with Crippen LogP contribution in [0.1, 0.15) is 80.8 Å². The van der Waals surface area contributed by atoms with Crippen LogP contribution in [-0.4, -0.2) is 48.0 Å². The SMILES string of the molecule is CC(C)(C)c1ccc2nnc(C3CCN(Cc4n[nH]c5c4CCCC5)CC3)n2n1. The first-order chi connectivity index (χ1) is 14.0. The number of likely N-dealkylation sites (tertiary alicyclic amines) is 1. The van der Waals surface area contributed by atoms with Gasteiger partial charge in [-0.2, -0.15) is 14.7 Å². The van der Waals surface area contributed by atoms with E-state index in [1.807, 2.05) is 10.6 Å². The third-order valence-electron chi connectivity index (χ3n) is 6.52. The minimum absolute atomic E-state index is 0.0157. The van der Waals surface area contributed by atoms with Crippen LogP contribution in [-0.2, 0) is 24.8 Å². The van der Waals surface area contributed by atoms with Crippen molar-refractivity contribution in [1.29, 1.82) is 0 Å². The number of hydrogen-bond acceptors (Lipinski definition) is 5. The highest BCUT2D eigenvalue weighted by molar-refractivity contribution is 5.38. The van der Waals surface area contributed by atoms with Gasteiger partial charge in [-0.1, -0.05) is 20.8 Å². The number of aromatic amines is 1. The number of fused-ring (bicyclic) bond motifs is 2. The van der Waals surface area contributed by atoms with Gasteiger partial charge in [0.2, 0.25) is 0 Å². The van der Waals surface area contributed by atoms with Crippen LogP contribution in [0.25, 0.3) is 5.65 Å². The quantitative estimate of drug-likeness (QED) is 0.738. The molecule has 0 amide bonds. The van der Waals surface area contributed by atoms with Crippen LogP contribution in [0.5, 0.6) is 0 Å². The number of hydrogen-bond donors (Lipinski definition) is 1. The zero-order chi connectivity index (χ0) is 20.0. The Morgan fingerprint density at radius 2 is 1.86 bits per heavy atom. The molecule has 29 heavy (non-hydrogen) atoms. The summed E-state index contributed by atoms with van der Waals surface area (Å²) in [6, 6.07) is 4.11. The fourth-order valence-electron chi connectivity index (χ4n) is 4.70. The van der Waals surface area contributed by atoms with Crippen molar-refractivity contribution in [3.8, 4) is 0 Å². The fourth-order valence-corrected chi connectivity index (χ4v) is 4.70. The largest absolute Gasteiger partial charge is 0.297 e. The average Bonchev–Trinajstić information content (AvgIpc) is 3.32. The molecule has 1 fully saturated rings. The van der Waals surface area contributed by atoms with Crippen molar-refractivity contribution < 1.29 is 0 Å². The third kappa shape index (κ3) is 3.56. The molecule has 1 aliphatic carbocycles. The summed E-state index contributed by atoms with van der Waals surface area (Å²) in [7, 11) is 0. The summed E-state index contributed by atoms with van der Waals surface area (Å²) in [5.41, 5.74) is 6.06. The minimum atomic E-state index is 0.0157. The van der Waals surface area contributed by atoms with Gasteiger partial charge >= 0.3 is 0 Å². The van der Waals surface area contributed by atoms with E-state index < -0.39 is 0 Å². The van der Waals surface area contributed by atoms with Crippen LogP contribution in [0.3, 0.4) is 0 Å². The maximum Gasteiger partial charge on any atom is 0.177 e. The normalized spacial score (nSPS) is 19.0. The van der Waals surface area contributed by atoms with Gasteiger partial charge in [-0.15, -0.1) is 10.2 Å². The molecule has 5 rings (SSSR count). The molecule has 3 aromatic heterocycles. The molecule has 7 heteroatoms. The smallest absolute Gasteiger partial charge is 0.177 e. The summed E-state index contributed by atoms with van der Waals surface area (Å²) in [5.74, 6) is 1.43. The maximum absolute atomic E-state index is 4.87. The average molecular weight is 394 g/mol. The van der Waals surface area contributed by atoms with Crippen molar-refractivity contribution in [3.05, 3.63) is 40.6 Å². The molecule has 0 atom stereocenters. The van der Waals surface area contributed by atoms with Gasteiger partial charge < -0.3 is 0 Å². The Morgan fingerprint density at radius 1 is 1.07 bits per heavy atom. The molecule has 0 bridgehead atoms. The Morgan fingerprint density at radius 3 is 2.66 bits per heavy atom. The zero-order valence-electron chi connectivity index (χ0n) is 17.8. The molecule has 2 aliphatic rings. The molecule has 7 nitrogen and oxygen atoms in total. The fraction of sp³-hybridized carbons (Fsp3) is 0.636. The van der Waals surface area contributed by atoms with E-state index in [9.17, 15) is 0 Å². The first-order valence-electron chi connectivity index (χ1n) is 11.0. The van der Waals surface area contributed by atoms with E-state index in [2.05, 4.69) is 52.1 Å². The molecule has 0 radical (unpaired) electrons. The monoisotopic (exact) mass is 393 g/mol. The lowest BCUT2D eigenvalue weighted by atomic mass is 9.92. The summed E-state index contributed by atoms with van der Waals surface area (Å²) >= 11 is 0. The topological polar surface area (TPSA) is 75.0 Å². The van der Waals surface area contributed by atoms with Crippen LogP contribution < -0.4 is 0 Å². The van der Waals surface area contributed by atoms with Crippen molar-refractivity contribution in [3.63, 3.8) is 0 Å². The molecule has 0 aromatic carbocycles. The maximum atomic E-state index is 4.87. The predicted molar refractivity (Wildman–Crippen MR) is 112 cm³/mol. The van der Waals surface area contributed by atoms with E-state index >= 15 is 0 Å². The second-order valence-electron chi connectivity index (χ2n) is 9.68. The minimum Gasteiger partial charge on any atom is -0.297 e. The molecule has 1 N–H and O–H groups in total. The second kappa shape index (κ2) is 7.20. The molecule has 0 spiro atoms. The van der Waals surface area contributed by atoms with Crippen LogP contribution in [0.4, 0.5) is 0 Å². The van der Waals surface area contributed by atoms with Gasteiger partial charge in [0.15, 0.2) is 11.5 Å². The zero-order valence-corrected chi connectivity index (χ0v) is 17.8. The number of rotatable bonds is 3. The van der Waals surface area contributed by atoms with Gasteiger partial charge in [0.05, 0.1) is 11.4 Å². The van der Waals surface area contributed by atoms with Gasteiger partial charge in [0, 0.05) is 23.6 Å². The third-order valence-corrected chi connectivity index (χ3v) is 6.52. The lowest BCUT2D eigenvalue weighted by Gasteiger charge is -2.31. The lowest BCUT2D eigenvalue weighted by Crippen LogP contribution is -2.33. The molecule has 154 valence electrons. The highest BCUT2D eigenvalue weighted by Gasteiger charge is 2.27. The van der Waals surface area contributed by atoms with Crippen LogP contribution in [0, 0.1) is 0 Å². The molecule has 3 aromatic rings. The Balaban J connectivity index is 1.29. The van der Waals surface area contributed by atoms with Gasteiger partial charge in [0.25, 0.3) is 0 Å². The molecule has 0 saturated carbocycles. The van der Waals surface area contributed by atoms with Gasteiger partial charge in [0.1, 0.15) is 0 Å². The van der Waals surface area contributed by atoms with Crippen molar-refractivity contribution in [2.24, 2.45) is 0 Å². The Labute approximate surface area is 171 Å². The molecule has 0 unspecified atom stereocenters. The van der Waals surface area contributed by atoms with Crippen molar-refractivity contribution >= 4 is 5.65 Å². The van der Waals surface area contributed by atoms with Crippen LogP contribution in [0.2, 0.25) is 0 Å². The number of aryl methyl sites for hydroxylation is 1. The molecule has 1 aliphatic heterocycles. The van der Waals surface area contributed by atoms with E-state index in [1.165, 1.54) is 36.2 Å². The highest BCUT2D eigenvalue weighted by Crippen LogP contribution is 2.30. The summed E-state index contributed by atoms with van der Waals surface area (Å²) in [4.78, 5) is 2.54. The Kier molecular flexibility index (Phi) is 4.65. The predicted octanol–water partition coefficient (Wildman–Crippen LogP) is 3.40.